The minimum Gasteiger partial charge on any atom is -0.494 e. The van der Waals surface area contributed by atoms with Gasteiger partial charge in [0, 0.05) is 36.5 Å². The predicted octanol–water partition coefficient (Wildman–Crippen LogP) is 3.38. The third-order valence-corrected chi connectivity index (χ3v) is 4.44. The molecule has 1 unspecified atom stereocenters. The van der Waals surface area contributed by atoms with Crippen LogP contribution in [-0.4, -0.2) is 29.9 Å². The van der Waals surface area contributed by atoms with Gasteiger partial charge < -0.3 is 15.0 Å². The average Bonchev–Trinajstić information content (AvgIpc) is 3.09. The Bertz CT molecular complexity index is 882. The van der Waals surface area contributed by atoms with Crippen molar-refractivity contribution in [3.8, 4) is 5.75 Å². The van der Waals surface area contributed by atoms with Gasteiger partial charge >= 0.3 is 0 Å². The maximum absolute atomic E-state index is 12.5. The standard InChI is InChI=1S/C20H21N3O5/c1-2-10-28-18-8-6-16(7-9-18)22-13-14(11-19(22)24)20(25)21-15-4-3-5-17(12-15)23(26)27/h3-9,12,14H,2,10-11,13H2,1H3,(H,21,25). The molecule has 1 fully saturated rings. The van der Waals surface area contributed by atoms with Gasteiger partial charge in [-0.25, -0.2) is 0 Å². The van der Waals surface area contributed by atoms with E-state index >= 15 is 0 Å². The molecule has 1 heterocycles. The largest absolute Gasteiger partial charge is 0.494 e. The van der Waals surface area contributed by atoms with E-state index < -0.39 is 10.8 Å². The summed E-state index contributed by atoms with van der Waals surface area (Å²) in [4.78, 5) is 36.8. The van der Waals surface area contributed by atoms with Crippen LogP contribution in [0, 0.1) is 16.0 Å². The number of nitrogens with zero attached hydrogens (tertiary/aromatic N) is 2. The van der Waals surface area contributed by atoms with Crippen molar-refractivity contribution in [3.05, 3.63) is 58.6 Å². The molecule has 0 aromatic heterocycles. The van der Waals surface area contributed by atoms with Gasteiger partial charge in [0.2, 0.25) is 11.8 Å². The number of rotatable bonds is 7. The third kappa shape index (κ3) is 4.46. The number of anilines is 2. The van der Waals surface area contributed by atoms with Crippen molar-refractivity contribution in [3.63, 3.8) is 0 Å². The number of nitro groups is 1. The fraction of sp³-hybridized carbons (Fsp3) is 0.300. The van der Waals surface area contributed by atoms with Gasteiger partial charge in [0.15, 0.2) is 0 Å². The van der Waals surface area contributed by atoms with Crippen LogP contribution in [-0.2, 0) is 9.59 Å². The van der Waals surface area contributed by atoms with Crippen LogP contribution < -0.4 is 15.0 Å². The summed E-state index contributed by atoms with van der Waals surface area (Å²) in [5.41, 5.74) is 0.939. The van der Waals surface area contributed by atoms with Crippen LogP contribution in [0.1, 0.15) is 19.8 Å². The minimum absolute atomic E-state index is 0.0921. The SMILES string of the molecule is CCCOc1ccc(N2CC(C(=O)Nc3cccc([N+](=O)[O-])c3)CC2=O)cc1. The molecule has 1 atom stereocenters. The second kappa shape index (κ2) is 8.51. The zero-order valence-electron chi connectivity index (χ0n) is 15.5. The maximum atomic E-state index is 12.5. The lowest BCUT2D eigenvalue weighted by Crippen LogP contribution is -2.28. The summed E-state index contributed by atoms with van der Waals surface area (Å²) >= 11 is 0. The van der Waals surface area contributed by atoms with Gasteiger partial charge in [0.25, 0.3) is 5.69 Å². The van der Waals surface area contributed by atoms with Crippen molar-refractivity contribution < 1.29 is 19.2 Å². The molecule has 0 saturated carbocycles. The number of hydrogen-bond donors (Lipinski definition) is 1. The molecule has 0 bridgehead atoms. The van der Waals surface area contributed by atoms with E-state index in [1.54, 1.807) is 35.2 Å². The Labute approximate surface area is 162 Å². The molecule has 1 saturated heterocycles. The van der Waals surface area contributed by atoms with Gasteiger partial charge in [0.1, 0.15) is 5.75 Å². The van der Waals surface area contributed by atoms with Crippen LogP contribution in [0.4, 0.5) is 17.1 Å². The molecule has 28 heavy (non-hydrogen) atoms. The lowest BCUT2D eigenvalue weighted by Gasteiger charge is -2.17. The molecule has 8 heteroatoms. The summed E-state index contributed by atoms with van der Waals surface area (Å²) in [5.74, 6) is -0.263. The highest BCUT2D eigenvalue weighted by Gasteiger charge is 2.35. The van der Waals surface area contributed by atoms with Crippen molar-refractivity contribution >= 4 is 28.9 Å². The Morgan fingerprint density at radius 1 is 1.29 bits per heavy atom. The summed E-state index contributed by atoms with van der Waals surface area (Å²) in [6.07, 6.45) is 1.00. The molecule has 1 aliphatic rings. The number of carbonyl (C=O) groups excluding carboxylic acids is 2. The van der Waals surface area contributed by atoms with Gasteiger partial charge in [0.05, 0.1) is 17.4 Å². The number of non-ortho nitro benzene ring substituents is 1. The Balaban J connectivity index is 1.64. The van der Waals surface area contributed by atoms with E-state index in [1.807, 2.05) is 6.92 Å². The van der Waals surface area contributed by atoms with Crippen molar-refractivity contribution in [2.75, 3.05) is 23.4 Å². The van der Waals surface area contributed by atoms with Gasteiger partial charge in [-0.2, -0.15) is 0 Å². The van der Waals surface area contributed by atoms with Gasteiger partial charge in [-0.3, -0.25) is 19.7 Å². The average molecular weight is 383 g/mol. The second-order valence-corrected chi connectivity index (χ2v) is 6.54. The highest BCUT2D eigenvalue weighted by molar-refractivity contribution is 6.03. The third-order valence-electron chi connectivity index (χ3n) is 4.44. The molecule has 146 valence electrons. The van der Waals surface area contributed by atoms with Crippen molar-refractivity contribution in [1.29, 1.82) is 0 Å². The number of nitro benzene ring substituents is 1. The predicted molar refractivity (Wildman–Crippen MR) is 104 cm³/mol. The summed E-state index contributed by atoms with van der Waals surface area (Å²) in [7, 11) is 0. The first-order valence-electron chi connectivity index (χ1n) is 9.06. The van der Waals surface area contributed by atoms with Crippen LogP contribution in [0.15, 0.2) is 48.5 Å². The Hall–Kier alpha value is -3.42. The molecule has 0 spiro atoms. The number of amides is 2. The van der Waals surface area contributed by atoms with E-state index in [0.717, 1.165) is 12.2 Å². The molecule has 1 N–H and O–H groups in total. The lowest BCUT2D eigenvalue weighted by atomic mass is 10.1. The Morgan fingerprint density at radius 3 is 2.71 bits per heavy atom. The summed E-state index contributed by atoms with van der Waals surface area (Å²) in [6, 6.07) is 12.9. The normalized spacial score (nSPS) is 16.1. The van der Waals surface area contributed by atoms with Gasteiger partial charge in [-0.15, -0.1) is 0 Å². The number of nitrogens with one attached hydrogen (secondary N) is 1. The Morgan fingerprint density at radius 2 is 2.04 bits per heavy atom. The van der Waals surface area contributed by atoms with E-state index in [-0.39, 0.29) is 30.5 Å². The van der Waals surface area contributed by atoms with Gasteiger partial charge in [-0.1, -0.05) is 13.0 Å². The zero-order valence-corrected chi connectivity index (χ0v) is 15.5. The Kier molecular flexibility index (Phi) is 5.88. The highest BCUT2D eigenvalue weighted by Crippen LogP contribution is 2.28. The molecule has 2 aromatic rings. The van der Waals surface area contributed by atoms with Crippen molar-refractivity contribution in [2.45, 2.75) is 19.8 Å². The van der Waals surface area contributed by atoms with Crippen molar-refractivity contribution in [2.24, 2.45) is 5.92 Å². The molecule has 0 aliphatic carbocycles. The monoisotopic (exact) mass is 383 g/mol. The summed E-state index contributed by atoms with van der Waals surface area (Å²) < 4.78 is 5.54. The fourth-order valence-corrected chi connectivity index (χ4v) is 3.02. The topological polar surface area (TPSA) is 102 Å². The number of carbonyl (C=O) groups is 2. The van der Waals surface area contributed by atoms with Crippen LogP contribution >= 0.6 is 0 Å². The smallest absolute Gasteiger partial charge is 0.271 e. The number of benzene rings is 2. The molecule has 3 rings (SSSR count). The molecular weight excluding hydrogens is 362 g/mol. The fourth-order valence-electron chi connectivity index (χ4n) is 3.02. The van der Waals surface area contributed by atoms with E-state index in [4.69, 9.17) is 4.74 Å². The van der Waals surface area contributed by atoms with E-state index in [0.29, 0.717) is 18.0 Å². The van der Waals surface area contributed by atoms with E-state index in [1.165, 1.54) is 18.2 Å². The lowest BCUT2D eigenvalue weighted by molar-refractivity contribution is -0.384. The van der Waals surface area contributed by atoms with Crippen LogP contribution in [0.3, 0.4) is 0 Å². The van der Waals surface area contributed by atoms with E-state index in [2.05, 4.69) is 5.32 Å². The summed E-state index contributed by atoms with van der Waals surface area (Å²) in [6.45, 7) is 2.91. The van der Waals surface area contributed by atoms with Crippen LogP contribution in [0.5, 0.6) is 5.75 Å². The van der Waals surface area contributed by atoms with Gasteiger partial charge in [-0.05, 0) is 36.8 Å². The second-order valence-electron chi connectivity index (χ2n) is 6.54. The van der Waals surface area contributed by atoms with Crippen LogP contribution in [0.25, 0.3) is 0 Å². The molecular formula is C20H21N3O5. The first-order chi connectivity index (χ1) is 13.5. The first kappa shape index (κ1) is 19.3. The summed E-state index contributed by atoms with van der Waals surface area (Å²) in [5, 5.41) is 13.5. The van der Waals surface area contributed by atoms with E-state index in [9.17, 15) is 19.7 Å². The maximum Gasteiger partial charge on any atom is 0.271 e. The quantitative estimate of drug-likeness (QED) is 0.583. The molecule has 0 radical (unpaired) electrons. The van der Waals surface area contributed by atoms with Crippen molar-refractivity contribution in [1.82, 2.24) is 0 Å². The molecule has 1 aliphatic heterocycles. The first-order valence-corrected chi connectivity index (χ1v) is 9.06. The minimum atomic E-state index is -0.525. The number of hydrogen-bond acceptors (Lipinski definition) is 5. The highest BCUT2D eigenvalue weighted by atomic mass is 16.6. The number of ether oxygens (including phenoxy) is 1. The zero-order chi connectivity index (χ0) is 20.1. The molecule has 2 amide bonds. The van der Waals surface area contributed by atoms with Crippen LogP contribution in [0.2, 0.25) is 0 Å². The molecule has 8 nitrogen and oxygen atoms in total. The molecule has 2 aromatic carbocycles.